The summed E-state index contributed by atoms with van der Waals surface area (Å²) in [5, 5.41) is 12.9. The number of halogens is 3. The third kappa shape index (κ3) is 4.38. The minimum atomic E-state index is -2.04. The average molecular weight is 298 g/mol. The molecule has 5 nitrogen and oxygen atoms in total. The van der Waals surface area contributed by atoms with Crippen LogP contribution in [-0.4, -0.2) is 14.6 Å². The van der Waals surface area contributed by atoms with Crippen molar-refractivity contribution in [3.63, 3.8) is 0 Å². The van der Waals surface area contributed by atoms with Gasteiger partial charge in [-0.15, -0.1) is 0 Å². The lowest BCUT2D eigenvalue weighted by Crippen LogP contribution is -2.33. The molecule has 1 rings (SSSR count). The largest absolute Gasteiger partial charge is 0.348 e. The number of benzene rings is 1. The van der Waals surface area contributed by atoms with Gasteiger partial charge in [-0.2, -0.15) is 0 Å². The molecule has 0 saturated heterocycles. The van der Waals surface area contributed by atoms with E-state index in [1.165, 1.54) is 18.2 Å². The number of hydrogen-bond donors (Lipinski definition) is 1. The van der Waals surface area contributed by atoms with E-state index in [9.17, 15) is 14.9 Å². The Morgan fingerprint density at radius 2 is 2.06 bits per heavy atom. The Morgan fingerprint density at radius 3 is 2.59 bits per heavy atom. The molecule has 0 atom stereocenters. The van der Waals surface area contributed by atoms with Gasteiger partial charge in [-0.25, -0.2) is 0 Å². The van der Waals surface area contributed by atoms with Crippen LogP contribution in [0.15, 0.2) is 24.3 Å². The zero-order valence-electron chi connectivity index (χ0n) is 8.32. The van der Waals surface area contributed by atoms with Gasteiger partial charge in [0, 0.05) is 18.7 Å². The number of carbonyl (C=O) groups excluding carboxylic acids is 1. The zero-order chi connectivity index (χ0) is 13.1. The van der Waals surface area contributed by atoms with Gasteiger partial charge in [0.25, 0.3) is 15.4 Å². The van der Waals surface area contributed by atoms with Crippen LogP contribution < -0.4 is 5.32 Å². The molecule has 0 aromatic heterocycles. The van der Waals surface area contributed by atoms with Crippen LogP contribution in [0.1, 0.15) is 5.56 Å². The minimum Gasteiger partial charge on any atom is -0.348 e. The molecule has 0 saturated carbocycles. The maximum absolute atomic E-state index is 11.2. The van der Waals surface area contributed by atoms with Crippen LogP contribution >= 0.6 is 34.8 Å². The summed E-state index contributed by atoms with van der Waals surface area (Å²) >= 11 is 16.0. The fraction of sp³-hybridized carbons (Fsp3) is 0.222. The molecule has 1 N–H and O–H groups in total. The predicted octanol–water partition coefficient (Wildman–Crippen LogP) is 2.58. The number of hydrogen-bond acceptors (Lipinski definition) is 3. The number of carbonyl (C=O) groups is 1. The molecule has 0 spiro atoms. The van der Waals surface area contributed by atoms with Gasteiger partial charge >= 0.3 is 0 Å². The number of amides is 1. The summed E-state index contributed by atoms with van der Waals surface area (Å²) in [5.41, 5.74) is 0.479. The maximum atomic E-state index is 11.2. The molecule has 8 heteroatoms. The van der Waals surface area contributed by atoms with Gasteiger partial charge in [-0.1, -0.05) is 46.9 Å². The van der Waals surface area contributed by atoms with Gasteiger partial charge in [0.1, 0.15) is 0 Å². The molecular weight excluding hydrogens is 290 g/mol. The molecule has 0 aliphatic rings. The van der Waals surface area contributed by atoms with Gasteiger partial charge in [-0.05, 0) is 5.56 Å². The Bertz CT molecular complexity index is 445. The fourth-order valence-electron chi connectivity index (χ4n) is 1.06. The molecule has 1 amide bonds. The number of nitrogens with one attached hydrogen (secondary N) is 1. The summed E-state index contributed by atoms with van der Waals surface area (Å²) in [6.07, 6.45) is 0. The normalized spacial score (nSPS) is 11.0. The molecular formula is C9H7Cl3N2O3. The number of nitro groups is 1. The van der Waals surface area contributed by atoms with Gasteiger partial charge in [0.05, 0.1) is 4.92 Å². The molecule has 1 aromatic carbocycles. The summed E-state index contributed by atoms with van der Waals surface area (Å²) in [7, 11) is 0. The summed E-state index contributed by atoms with van der Waals surface area (Å²) < 4.78 is -2.04. The SMILES string of the molecule is O=C(NCc1cccc([N+](=O)[O-])c1)C(Cl)(Cl)Cl. The smallest absolute Gasteiger partial charge is 0.272 e. The highest BCUT2D eigenvalue weighted by Gasteiger charge is 2.30. The average Bonchev–Trinajstić information content (AvgIpc) is 2.25. The zero-order valence-corrected chi connectivity index (χ0v) is 10.6. The monoisotopic (exact) mass is 296 g/mol. The van der Waals surface area contributed by atoms with E-state index in [0.29, 0.717) is 5.56 Å². The minimum absolute atomic E-state index is 0.0500. The lowest BCUT2D eigenvalue weighted by molar-refractivity contribution is -0.384. The molecule has 0 heterocycles. The lowest BCUT2D eigenvalue weighted by atomic mass is 10.2. The Morgan fingerprint density at radius 1 is 1.41 bits per heavy atom. The second kappa shape index (κ2) is 5.53. The van der Waals surface area contributed by atoms with Crippen LogP contribution in [-0.2, 0) is 11.3 Å². The molecule has 0 aliphatic heterocycles. The van der Waals surface area contributed by atoms with Crippen molar-refractivity contribution < 1.29 is 9.72 Å². The van der Waals surface area contributed by atoms with Crippen molar-refractivity contribution >= 4 is 46.4 Å². The fourth-order valence-corrected chi connectivity index (χ4v) is 1.26. The standard InChI is InChI=1S/C9H7Cl3N2O3/c10-9(11,12)8(15)13-5-6-2-1-3-7(4-6)14(16)17/h1-4H,5H2,(H,13,15). The van der Waals surface area contributed by atoms with E-state index in [2.05, 4.69) is 5.32 Å². The van der Waals surface area contributed by atoms with E-state index in [1.54, 1.807) is 6.07 Å². The molecule has 17 heavy (non-hydrogen) atoms. The number of non-ortho nitro benzene ring substituents is 1. The van der Waals surface area contributed by atoms with E-state index in [4.69, 9.17) is 34.8 Å². The number of nitrogens with zero attached hydrogens (tertiary/aromatic N) is 1. The first-order valence-electron chi connectivity index (χ1n) is 4.39. The van der Waals surface area contributed by atoms with Crippen molar-refractivity contribution in [1.82, 2.24) is 5.32 Å². The van der Waals surface area contributed by atoms with E-state index in [0.717, 1.165) is 0 Å². The Balaban J connectivity index is 2.67. The van der Waals surface area contributed by atoms with Crippen LogP contribution in [0.5, 0.6) is 0 Å². The molecule has 92 valence electrons. The highest BCUT2D eigenvalue weighted by molar-refractivity contribution is 6.76. The van der Waals surface area contributed by atoms with Crippen LogP contribution in [0.4, 0.5) is 5.69 Å². The quantitative estimate of drug-likeness (QED) is 0.529. The van der Waals surface area contributed by atoms with Crippen LogP contribution in [0, 0.1) is 10.1 Å². The van der Waals surface area contributed by atoms with Crippen molar-refractivity contribution in [1.29, 1.82) is 0 Å². The summed E-state index contributed by atoms with van der Waals surface area (Å²) in [6, 6.07) is 5.81. The summed E-state index contributed by atoms with van der Waals surface area (Å²) in [6.45, 7) is 0.0500. The van der Waals surface area contributed by atoms with Crippen LogP contribution in [0.2, 0.25) is 0 Å². The predicted molar refractivity (Wildman–Crippen MR) is 65.2 cm³/mol. The molecule has 1 aromatic rings. The highest BCUT2D eigenvalue weighted by Crippen LogP contribution is 2.26. The first-order chi connectivity index (χ1) is 7.80. The summed E-state index contributed by atoms with van der Waals surface area (Å²) in [5.74, 6) is -0.783. The number of nitro benzene ring substituents is 1. The van der Waals surface area contributed by atoms with E-state index >= 15 is 0 Å². The van der Waals surface area contributed by atoms with Gasteiger partial charge in [0.2, 0.25) is 0 Å². The Hall–Kier alpha value is -1.04. The third-order valence-electron chi connectivity index (χ3n) is 1.83. The summed E-state index contributed by atoms with van der Waals surface area (Å²) in [4.78, 5) is 21.2. The Kier molecular flexibility index (Phi) is 4.56. The van der Waals surface area contributed by atoms with Gasteiger partial charge in [-0.3, -0.25) is 14.9 Å². The molecule has 0 radical (unpaired) electrons. The van der Waals surface area contributed by atoms with Crippen molar-refractivity contribution in [2.24, 2.45) is 0 Å². The van der Waals surface area contributed by atoms with Gasteiger partial charge < -0.3 is 5.32 Å². The third-order valence-corrected chi connectivity index (χ3v) is 2.35. The second-order valence-electron chi connectivity index (χ2n) is 3.11. The van der Waals surface area contributed by atoms with Gasteiger partial charge in [0.15, 0.2) is 0 Å². The first kappa shape index (κ1) is 14.0. The second-order valence-corrected chi connectivity index (χ2v) is 5.39. The molecule has 0 bridgehead atoms. The number of rotatable bonds is 3. The van der Waals surface area contributed by atoms with Crippen LogP contribution in [0.25, 0.3) is 0 Å². The maximum Gasteiger partial charge on any atom is 0.272 e. The molecule has 0 unspecified atom stereocenters. The van der Waals surface area contributed by atoms with E-state index in [-0.39, 0.29) is 12.2 Å². The van der Waals surface area contributed by atoms with E-state index in [1.807, 2.05) is 0 Å². The Labute approximate surface area is 112 Å². The highest BCUT2D eigenvalue weighted by atomic mass is 35.6. The van der Waals surface area contributed by atoms with E-state index < -0.39 is 14.6 Å². The lowest BCUT2D eigenvalue weighted by Gasteiger charge is -2.11. The molecule has 0 fully saturated rings. The topological polar surface area (TPSA) is 72.2 Å². The van der Waals surface area contributed by atoms with Crippen molar-refractivity contribution in [2.45, 2.75) is 10.3 Å². The van der Waals surface area contributed by atoms with Crippen molar-refractivity contribution in [2.75, 3.05) is 0 Å². The first-order valence-corrected chi connectivity index (χ1v) is 5.52. The van der Waals surface area contributed by atoms with Crippen molar-refractivity contribution in [3.8, 4) is 0 Å². The van der Waals surface area contributed by atoms with Crippen LogP contribution in [0.3, 0.4) is 0 Å². The van der Waals surface area contributed by atoms with Crippen molar-refractivity contribution in [3.05, 3.63) is 39.9 Å². The molecule has 0 aliphatic carbocycles. The number of alkyl halides is 3.